The molecule has 0 saturated heterocycles. The summed E-state index contributed by atoms with van der Waals surface area (Å²) in [6.07, 6.45) is 4.13. The Kier molecular flexibility index (Phi) is 3.34. The fraction of sp³-hybridized carbons (Fsp3) is 0. The van der Waals surface area contributed by atoms with E-state index in [0.717, 1.165) is 4.47 Å². The maximum atomic E-state index is 11.7. The highest BCUT2D eigenvalue weighted by molar-refractivity contribution is 9.10. The van der Waals surface area contributed by atoms with Gasteiger partial charge in [-0.05, 0) is 28.1 Å². The Morgan fingerprint density at radius 3 is 2.59 bits per heavy atom. The molecule has 0 saturated carbocycles. The Morgan fingerprint density at radius 2 is 2.00 bits per heavy atom. The third kappa shape index (κ3) is 3.01. The largest absolute Gasteiger partial charge is 0.619 e. The highest BCUT2D eigenvalue weighted by Crippen LogP contribution is 2.11. The van der Waals surface area contributed by atoms with E-state index in [0.29, 0.717) is 16.1 Å². The first kappa shape index (κ1) is 11.5. The first-order valence-electron chi connectivity index (χ1n) is 4.77. The van der Waals surface area contributed by atoms with E-state index in [1.165, 1.54) is 24.5 Å². The summed E-state index contributed by atoms with van der Waals surface area (Å²) in [7, 11) is 0. The van der Waals surface area contributed by atoms with Crippen LogP contribution in [-0.4, -0.2) is 10.9 Å². The predicted octanol–water partition coefficient (Wildman–Crippen LogP) is 1.73. The number of rotatable bonds is 2. The molecule has 5 nitrogen and oxygen atoms in total. The van der Waals surface area contributed by atoms with Crippen LogP contribution in [0, 0.1) is 5.21 Å². The molecule has 6 heteroatoms. The molecule has 0 fully saturated rings. The van der Waals surface area contributed by atoms with Gasteiger partial charge in [0.1, 0.15) is 5.82 Å². The number of hydrogen-bond acceptors (Lipinski definition) is 3. The quantitative estimate of drug-likeness (QED) is 0.677. The van der Waals surface area contributed by atoms with E-state index in [9.17, 15) is 10.0 Å². The predicted molar refractivity (Wildman–Crippen MR) is 65.3 cm³/mol. The number of aromatic nitrogens is 2. The summed E-state index contributed by atoms with van der Waals surface area (Å²) >= 11 is 3.25. The van der Waals surface area contributed by atoms with E-state index >= 15 is 0 Å². The van der Waals surface area contributed by atoms with Crippen LogP contribution in [0.4, 0.5) is 5.82 Å². The molecule has 1 N–H and O–H groups in total. The van der Waals surface area contributed by atoms with Gasteiger partial charge in [-0.15, -0.1) is 0 Å². The van der Waals surface area contributed by atoms with Gasteiger partial charge in [0.15, 0.2) is 12.4 Å². The molecule has 1 amide bonds. The summed E-state index contributed by atoms with van der Waals surface area (Å²) in [5.74, 6) is 0.150. The number of halogens is 1. The number of amides is 1. The molecule has 0 radical (unpaired) electrons. The third-order valence-corrected chi connectivity index (χ3v) is 2.50. The molecule has 0 aliphatic rings. The molecule has 0 unspecified atom stereocenters. The Bertz CT molecular complexity index is 525. The Balaban J connectivity index is 2.11. The fourth-order valence-electron chi connectivity index (χ4n) is 1.20. The van der Waals surface area contributed by atoms with Gasteiger partial charge in [0.05, 0.1) is 5.56 Å². The van der Waals surface area contributed by atoms with Gasteiger partial charge in [-0.1, -0.05) is 0 Å². The minimum Gasteiger partial charge on any atom is -0.619 e. The highest BCUT2D eigenvalue weighted by Gasteiger charge is 2.07. The Morgan fingerprint density at radius 1 is 1.29 bits per heavy atom. The zero-order valence-corrected chi connectivity index (χ0v) is 10.2. The summed E-state index contributed by atoms with van der Waals surface area (Å²) in [5.41, 5.74) is 0.404. The zero-order chi connectivity index (χ0) is 12.3. The second-order valence-electron chi connectivity index (χ2n) is 3.26. The smallest absolute Gasteiger partial charge is 0.257 e. The number of hydrogen-bond donors (Lipinski definition) is 1. The van der Waals surface area contributed by atoms with Crippen LogP contribution in [0.15, 0.2) is 47.3 Å². The van der Waals surface area contributed by atoms with Crippen molar-refractivity contribution in [1.82, 2.24) is 4.98 Å². The van der Waals surface area contributed by atoms with Crippen LogP contribution >= 0.6 is 15.9 Å². The van der Waals surface area contributed by atoms with Crippen LogP contribution in [0.3, 0.4) is 0 Å². The van der Waals surface area contributed by atoms with Gasteiger partial charge < -0.3 is 10.5 Å². The molecule has 0 aliphatic heterocycles. The lowest BCUT2D eigenvalue weighted by Crippen LogP contribution is -2.25. The van der Waals surface area contributed by atoms with Crippen LogP contribution in [0.5, 0.6) is 0 Å². The van der Waals surface area contributed by atoms with Crippen molar-refractivity contribution in [1.29, 1.82) is 0 Å². The second kappa shape index (κ2) is 4.92. The number of carbonyl (C=O) groups is 1. The summed E-state index contributed by atoms with van der Waals surface area (Å²) < 4.78 is 1.46. The van der Waals surface area contributed by atoms with Gasteiger partial charge in [-0.2, -0.15) is 4.73 Å². The van der Waals surface area contributed by atoms with E-state index in [2.05, 4.69) is 26.2 Å². The molecular formula is C11H8BrN3O2. The second-order valence-corrected chi connectivity index (χ2v) is 4.18. The number of pyridine rings is 2. The Labute approximate surface area is 106 Å². The summed E-state index contributed by atoms with van der Waals surface area (Å²) in [4.78, 5) is 15.8. The highest BCUT2D eigenvalue weighted by atomic mass is 79.9. The van der Waals surface area contributed by atoms with Crippen molar-refractivity contribution in [2.24, 2.45) is 0 Å². The lowest BCUT2D eigenvalue weighted by molar-refractivity contribution is -0.605. The van der Waals surface area contributed by atoms with Crippen molar-refractivity contribution in [2.75, 3.05) is 5.32 Å². The van der Waals surface area contributed by atoms with Crippen molar-refractivity contribution in [2.45, 2.75) is 0 Å². The molecule has 2 rings (SSSR count). The average Bonchev–Trinajstić information content (AvgIpc) is 2.33. The lowest BCUT2D eigenvalue weighted by atomic mass is 10.2. The standard InChI is InChI=1S/C11H8BrN3O2/c12-9-1-2-10(13-7-9)14-11(16)8-3-5-15(17)6-4-8/h1-7H,(H,13,14,16). The molecule has 86 valence electrons. The van der Waals surface area contributed by atoms with Gasteiger partial charge in [0.2, 0.25) is 0 Å². The molecule has 0 aliphatic carbocycles. The maximum Gasteiger partial charge on any atom is 0.257 e. The molecule has 0 bridgehead atoms. The van der Waals surface area contributed by atoms with Crippen LogP contribution in [0.25, 0.3) is 0 Å². The van der Waals surface area contributed by atoms with E-state index < -0.39 is 0 Å². The maximum absolute atomic E-state index is 11.7. The molecule has 0 aromatic carbocycles. The molecule has 2 aromatic heterocycles. The third-order valence-electron chi connectivity index (χ3n) is 2.03. The van der Waals surface area contributed by atoms with Gasteiger partial charge >= 0.3 is 0 Å². The van der Waals surface area contributed by atoms with Gasteiger partial charge in [-0.3, -0.25) is 4.79 Å². The average molecular weight is 294 g/mol. The van der Waals surface area contributed by atoms with Crippen LogP contribution in [-0.2, 0) is 0 Å². The number of nitrogens with zero attached hydrogens (tertiary/aromatic N) is 2. The number of carbonyl (C=O) groups excluding carboxylic acids is 1. The van der Waals surface area contributed by atoms with Crippen molar-refractivity contribution in [3.05, 3.63) is 58.1 Å². The summed E-state index contributed by atoms with van der Waals surface area (Å²) in [6.45, 7) is 0. The summed E-state index contributed by atoms with van der Waals surface area (Å²) in [6, 6.07) is 6.35. The molecular weight excluding hydrogens is 286 g/mol. The van der Waals surface area contributed by atoms with Crippen molar-refractivity contribution in [3.8, 4) is 0 Å². The number of nitrogens with one attached hydrogen (secondary N) is 1. The van der Waals surface area contributed by atoms with Crippen molar-refractivity contribution < 1.29 is 9.52 Å². The van der Waals surface area contributed by atoms with Crippen LogP contribution in [0.1, 0.15) is 10.4 Å². The first-order chi connectivity index (χ1) is 8.15. The molecule has 0 spiro atoms. The monoisotopic (exact) mass is 293 g/mol. The fourth-order valence-corrected chi connectivity index (χ4v) is 1.44. The van der Waals surface area contributed by atoms with E-state index in [4.69, 9.17) is 0 Å². The summed E-state index contributed by atoms with van der Waals surface area (Å²) in [5, 5.41) is 13.4. The van der Waals surface area contributed by atoms with Crippen molar-refractivity contribution in [3.63, 3.8) is 0 Å². The molecule has 2 heterocycles. The Hall–Kier alpha value is -1.95. The van der Waals surface area contributed by atoms with Crippen LogP contribution in [0.2, 0.25) is 0 Å². The van der Waals surface area contributed by atoms with Crippen LogP contribution < -0.4 is 10.0 Å². The normalized spacial score (nSPS) is 9.94. The van der Waals surface area contributed by atoms with Gasteiger partial charge in [0, 0.05) is 22.8 Å². The van der Waals surface area contributed by atoms with E-state index in [-0.39, 0.29) is 5.91 Å². The van der Waals surface area contributed by atoms with Gasteiger partial charge in [-0.25, -0.2) is 4.98 Å². The van der Waals surface area contributed by atoms with Gasteiger partial charge in [0.25, 0.3) is 5.91 Å². The molecule has 17 heavy (non-hydrogen) atoms. The SMILES string of the molecule is O=C(Nc1ccc(Br)cn1)c1cc[n+]([O-])cc1. The topological polar surface area (TPSA) is 68.9 Å². The van der Waals surface area contributed by atoms with E-state index in [1.807, 2.05) is 0 Å². The minimum absolute atomic E-state index is 0.305. The minimum atomic E-state index is -0.305. The first-order valence-corrected chi connectivity index (χ1v) is 5.56. The molecule has 2 aromatic rings. The van der Waals surface area contributed by atoms with E-state index in [1.54, 1.807) is 18.3 Å². The zero-order valence-electron chi connectivity index (χ0n) is 8.63. The number of anilines is 1. The van der Waals surface area contributed by atoms with Crippen molar-refractivity contribution >= 4 is 27.7 Å². The lowest BCUT2D eigenvalue weighted by Gasteiger charge is -2.03. The molecule has 0 atom stereocenters.